The van der Waals surface area contributed by atoms with Gasteiger partial charge in [-0.05, 0) is 45.2 Å². The highest BCUT2D eigenvalue weighted by Crippen LogP contribution is 2.31. The number of amides is 1. The zero-order valence-corrected chi connectivity index (χ0v) is 15.9. The minimum absolute atomic E-state index is 0.0501. The topological polar surface area (TPSA) is 96.7 Å². The van der Waals surface area contributed by atoms with Gasteiger partial charge in [-0.3, -0.25) is 19.8 Å². The van der Waals surface area contributed by atoms with Gasteiger partial charge in [-0.1, -0.05) is 0 Å². The van der Waals surface area contributed by atoms with Gasteiger partial charge in [-0.2, -0.15) is 0 Å². The van der Waals surface area contributed by atoms with Crippen molar-refractivity contribution in [1.29, 1.82) is 0 Å². The minimum atomic E-state index is -0.442. The molecule has 1 amide bonds. The number of nitrogens with zero attached hydrogens (tertiary/aromatic N) is 2. The molecule has 3 rings (SSSR count). The first-order chi connectivity index (χ1) is 12.9. The first-order valence-electron chi connectivity index (χ1n) is 9.63. The highest BCUT2D eigenvalue weighted by molar-refractivity contribution is 5.95. The predicted octanol–water partition coefficient (Wildman–Crippen LogP) is 2.40. The van der Waals surface area contributed by atoms with Crippen LogP contribution in [0.3, 0.4) is 0 Å². The van der Waals surface area contributed by atoms with Gasteiger partial charge in [0.05, 0.1) is 17.1 Å². The quantitative estimate of drug-likeness (QED) is 0.411. The average molecular weight is 376 g/mol. The molecular weight excluding hydrogens is 348 g/mol. The molecule has 1 aromatic rings. The molecule has 2 fully saturated rings. The van der Waals surface area contributed by atoms with Gasteiger partial charge in [0.1, 0.15) is 5.69 Å². The van der Waals surface area contributed by atoms with Crippen LogP contribution in [0.15, 0.2) is 18.2 Å². The Balaban J connectivity index is 1.48. The third-order valence-corrected chi connectivity index (χ3v) is 4.83. The summed E-state index contributed by atoms with van der Waals surface area (Å²) in [7, 11) is 0. The van der Waals surface area contributed by atoms with Gasteiger partial charge in [0.2, 0.25) is 0 Å². The number of carbonyl (C=O) groups excluding carboxylic acids is 1. The molecule has 0 bridgehead atoms. The van der Waals surface area contributed by atoms with Gasteiger partial charge in [-0.15, -0.1) is 0 Å². The van der Waals surface area contributed by atoms with E-state index in [1.54, 1.807) is 12.1 Å². The molecule has 2 unspecified atom stereocenters. The summed E-state index contributed by atoms with van der Waals surface area (Å²) in [5.74, 6) is -0.278. The molecule has 1 aliphatic heterocycles. The van der Waals surface area contributed by atoms with Crippen LogP contribution in [0.4, 0.5) is 11.4 Å². The Hall–Kier alpha value is -2.19. The lowest BCUT2D eigenvalue weighted by atomic mass is 10.1. The number of benzene rings is 1. The van der Waals surface area contributed by atoms with Crippen molar-refractivity contribution in [3.8, 4) is 0 Å². The maximum atomic E-state index is 12.3. The highest BCUT2D eigenvalue weighted by atomic mass is 16.6. The van der Waals surface area contributed by atoms with E-state index in [4.69, 9.17) is 4.74 Å². The van der Waals surface area contributed by atoms with E-state index >= 15 is 0 Å². The molecule has 1 saturated carbocycles. The summed E-state index contributed by atoms with van der Waals surface area (Å²) in [4.78, 5) is 25.5. The van der Waals surface area contributed by atoms with Crippen molar-refractivity contribution in [3.63, 3.8) is 0 Å². The molecule has 2 atom stereocenters. The van der Waals surface area contributed by atoms with E-state index < -0.39 is 4.92 Å². The largest absolute Gasteiger partial charge is 0.377 e. The lowest BCUT2D eigenvalue weighted by molar-refractivity contribution is -0.384. The molecule has 0 aromatic heterocycles. The van der Waals surface area contributed by atoms with E-state index in [1.165, 1.54) is 6.07 Å². The second kappa shape index (κ2) is 8.67. The Morgan fingerprint density at radius 1 is 1.30 bits per heavy atom. The van der Waals surface area contributed by atoms with Gasteiger partial charge in [-0.25, -0.2) is 0 Å². The number of carbonyl (C=O) groups is 1. The number of nitro benzene ring substituents is 1. The van der Waals surface area contributed by atoms with Crippen LogP contribution in [0.25, 0.3) is 0 Å². The van der Waals surface area contributed by atoms with Crippen LogP contribution in [0.5, 0.6) is 0 Å². The summed E-state index contributed by atoms with van der Waals surface area (Å²) in [6.45, 7) is 7.37. The molecule has 27 heavy (non-hydrogen) atoms. The Bertz CT molecular complexity index is 682. The van der Waals surface area contributed by atoms with Crippen molar-refractivity contribution in [3.05, 3.63) is 33.9 Å². The second-order valence-corrected chi connectivity index (χ2v) is 7.53. The summed E-state index contributed by atoms with van der Waals surface area (Å²) < 4.78 is 5.72. The van der Waals surface area contributed by atoms with E-state index in [1.807, 2.05) is 0 Å². The second-order valence-electron chi connectivity index (χ2n) is 7.53. The first kappa shape index (κ1) is 19.6. The maximum Gasteiger partial charge on any atom is 0.293 e. The zero-order chi connectivity index (χ0) is 19.4. The molecule has 2 N–H and O–H groups in total. The molecule has 0 radical (unpaired) electrons. The summed E-state index contributed by atoms with van der Waals surface area (Å²) in [6.07, 6.45) is 3.34. The minimum Gasteiger partial charge on any atom is -0.377 e. The van der Waals surface area contributed by atoms with Crippen LogP contribution in [-0.2, 0) is 4.74 Å². The Morgan fingerprint density at radius 2 is 2.00 bits per heavy atom. The lowest BCUT2D eigenvalue weighted by Crippen LogP contribution is -2.46. The Labute approximate surface area is 159 Å². The third-order valence-electron chi connectivity index (χ3n) is 4.83. The van der Waals surface area contributed by atoms with Gasteiger partial charge < -0.3 is 15.4 Å². The first-order valence-corrected chi connectivity index (χ1v) is 9.63. The number of anilines is 1. The molecule has 8 nitrogen and oxygen atoms in total. The fraction of sp³-hybridized carbons (Fsp3) is 0.632. The summed E-state index contributed by atoms with van der Waals surface area (Å²) in [5, 5.41) is 17.3. The number of nitro groups is 1. The summed E-state index contributed by atoms with van der Waals surface area (Å²) in [5.41, 5.74) is 0.747. The Kier molecular flexibility index (Phi) is 6.28. The summed E-state index contributed by atoms with van der Waals surface area (Å²) in [6, 6.07) is 4.93. The van der Waals surface area contributed by atoms with Gasteiger partial charge >= 0.3 is 0 Å². The zero-order valence-electron chi connectivity index (χ0n) is 15.9. The van der Waals surface area contributed by atoms with Gasteiger partial charge in [0.25, 0.3) is 11.6 Å². The van der Waals surface area contributed by atoms with Crippen LogP contribution in [0.2, 0.25) is 0 Å². The molecule has 148 valence electrons. The number of rotatable bonds is 8. The molecule has 1 heterocycles. The van der Waals surface area contributed by atoms with Crippen LogP contribution in [0, 0.1) is 10.1 Å². The molecule has 1 saturated heterocycles. The van der Waals surface area contributed by atoms with E-state index in [0.29, 0.717) is 23.8 Å². The molecule has 1 aliphatic carbocycles. The van der Waals surface area contributed by atoms with Crippen molar-refractivity contribution in [2.24, 2.45) is 0 Å². The maximum absolute atomic E-state index is 12.3. The van der Waals surface area contributed by atoms with Crippen LogP contribution in [0.1, 0.15) is 43.5 Å². The fourth-order valence-electron chi connectivity index (χ4n) is 3.47. The number of ether oxygens (including phenoxy) is 1. The van der Waals surface area contributed by atoms with E-state index in [-0.39, 0.29) is 23.8 Å². The molecular formula is C19H28N4O4. The average Bonchev–Trinajstić information content (AvgIpc) is 3.42. The normalized spacial score (nSPS) is 23.0. The number of nitrogens with one attached hydrogen (secondary N) is 2. The summed E-state index contributed by atoms with van der Waals surface area (Å²) >= 11 is 0. The van der Waals surface area contributed by atoms with Crippen LogP contribution in [-0.4, -0.2) is 60.2 Å². The van der Waals surface area contributed by atoms with Crippen molar-refractivity contribution >= 4 is 17.3 Å². The highest BCUT2D eigenvalue weighted by Gasteiger charge is 2.25. The van der Waals surface area contributed by atoms with E-state index in [0.717, 1.165) is 38.9 Å². The van der Waals surface area contributed by atoms with Crippen LogP contribution < -0.4 is 10.6 Å². The van der Waals surface area contributed by atoms with Crippen LogP contribution >= 0.6 is 0 Å². The lowest BCUT2D eigenvalue weighted by Gasteiger charge is -2.35. The SMILES string of the molecule is CC1CN(CCCNC(=O)c2ccc(NC3CC3)c([N+](=O)[O-])c2)CC(C)O1. The number of hydrogen-bond donors (Lipinski definition) is 2. The Morgan fingerprint density at radius 3 is 2.63 bits per heavy atom. The third kappa shape index (κ3) is 5.64. The monoisotopic (exact) mass is 376 g/mol. The fourth-order valence-corrected chi connectivity index (χ4v) is 3.47. The standard InChI is InChI=1S/C19H28N4O4/c1-13-11-22(12-14(2)27-13)9-3-8-20-19(24)15-4-7-17(21-16-5-6-16)18(10-15)23(25)26/h4,7,10,13-14,16,21H,3,5-6,8-9,11-12H2,1-2H3,(H,20,24). The van der Waals surface area contributed by atoms with Gasteiger partial charge in [0, 0.05) is 43.9 Å². The number of hydrogen-bond acceptors (Lipinski definition) is 6. The number of morpholine rings is 1. The van der Waals surface area contributed by atoms with E-state index in [2.05, 4.69) is 29.4 Å². The predicted molar refractivity (Wildman–Crippen MR) is 103 cm³/mol. The van der Waals surface area contributed by atoms with Crippen molar-refractivity contribution < 1.29 is 14.5 Å². The molecule has 1 aromatic carbocycles. The van der Waals surface area contributed by atoms with Crippen molar-refractivity contribution in [1.82, 2.24) is 10.2 Å². The van der Waals surface area contributed by atoms with Crippen molar-refractivity contribution in [2.45, 2.75) is 51.4 Å². The van der Waals surface area contributed by atoms with Crippen molar-refractivity contribution in [2.75, 3.05) is 31.5 Å². The smallest absolute Gasteiger partial charge is 0.293 e. The van der Waals surface area contributed by atoms with Gasteiger partial charge in [0.15, 0.2) is 0 Å². The molecule has 8 heteroatoms. The molecule has 0 spiro atoms. The van der Waals surface area contributed by atoms with E-state index in [9.17, 15) is 14.9 Å². The molecule has 2 aliphatic rings.